The molecule has 29 heavy (non-hydrogen) atoms. The summed E-state index contributed by atoms with van der Waals surface area (Å²) in [5.74, 6) is -2.99. The number of carbonyl (C=O) groups excluding carboxylic acids is 2. The number of nitrogens with one attached hydrogen (secondary N) is 1. The molecule has 2 amide bonds. The first kappa shape index (κ1) is 20.4. The van der Waals surface area contributed by atoms with Crippen molar-refractivity contribution in [3.8, 4) is 6.07 Å². The summed E-state index contributed by atoms with van der Waals surface area (Å²) in [5.41, 5.74) is 5.83. The third-order valence-electron chi connectivity index (χ3n) is 4.34. The van der Waals surface area contributed by atoms with Crippen molar-refractivity contribution in [1.82, 2.24) is 0 Å². The van der Waals surface area contributed by atoms with E-state index in [9.17, 15) is 19.2 Å². The smallest absolute Gasteiger partial charge is 0.234 e. The third-order valence-corrected chi connectivity index (χ3v) is 5.35. The van der Waals surface area contributed by atoms with Gasteiger partial charge in [0.15, 0.2) is 0 Å². The van der Waals surface area contributed by atoms with Crippen molar-refractivity contribution in [2.75, 3.05) is 11.1 Å². The number of thioether (sulfide) groups is 1. The van der Waals surface area contributed by atoms with Crippen LogP contribution in [-0.2, 0) is 9.59 Å². The number of nitrogens with zero attached hydrogens (tertiary/aromatic N) is 2. The maximum absolute atomic E-state index is 14.0. The van der Waals surface area contributed by atoms with Crippen molar-refractivity contribution >= 4 is 35.0 Å². The van der Waals surface area contributed by atoms with E-state index in [1.165, 1.54) is 24.5 Å². The Bertz CT molecular complexity index is 1040. The highest BCUT2D eigenvalue weighted by Gasteiger charge is 2.41. The van der Waals surface area contributed by atoms with E-state index >= 15 is 0 Å². The maximum Gasteiger partial charge on any atom is 0.234 e. The highest BCUT2D eigenvalue weighted by atomic mass is 32.2. The Kier molecular flexibility index (Phi) is 6.14. The van der Waals surface area contributed by atoms with Crippen LogP contribution in [0.4, 0.5) is 10.1 Å². The summed E-state index contributed by atoms with van der Waals surface area (Å²) in [5, 5.41) is 12.6. The molecule has 0 spiro atoms. The summed E-state index contributed by atoms with van der Waals surface area (Å²) in [7, 11) is 0. The first-order valence-electron chi connectivity index (χ1n) is 8.61. The van der Waals surface area contributed by atoms with Crippen molar-refractivity contribution in [3.05, 3.63) is 64.8 Å². The van der Waals surface area contributed by atoms with Crippen LogP contribution in [-0.4, -0.2) is 23.3 Å². The van der Waals surface area contributed by atoms with E-state index in [2.05, 4.69) is 16.4 Å². The number of anilines is 1. The minimum atomic E-state index is -0.895. The van der Waals surface area contributed by atoms with Crippen molar-refractivity contribution < 1.29 is 18.4 Å². The number of furan rings is 1. The number of carbonyl (C=O) groups is 2. The summed E-state index contributed by atoms with van der Waals surface area (Å²) in [6.45, 7) is 1.64. The number of benzene rings is 1. The molecule has 7 nitrogen and oxygen atoms in total. The molecule has 2 heterocycles. The minimum Gasteiger partial charge on any atom is -0.469 e. The normalized spacial score (nSPS) is 18.7. The zero-order valence-corrected chi connectivity index (χ0v) is 16.2. The van der Waals surface area contributed by atoms with Gasteiger partial charge in [0.25, 0.3) is 0 Å². The summed E-state index contributed by atoms with van der Waals surface area (Å²) in [6, 6.07) is 11.2. The van der Waals surface area contributed by atoms with Gasteiger partial charge in [-0.1, -0.05) is 23.9 Å². The second-order valence-electron chi connectivity index (χ2n) is 6.28. The second-order valence-corrected chi connectivity index (χ2v) is 7.24. The van der Waals surface area contributed by atoms with Crippen LogP contribution in [0, 0.1) is 23.1 Å². The van der Waals surface area contributed by atoms with Crippen molar-refractivity contribution in [3.63, 3.8) is 0 Å². The van der Waals surface area contributed by atoms with Crippen LogP contribution in [0.15, 0.2) is 62.7 Å². The number of aliphatic imine (C=N–C) groups is 1. The lowest BCUT2D eigenvalue weighted by Crippen LogP contribution is -2.36. The number of para-hydroxylation sites is 1. The maximum atomic E-state index is 14.0. The Balaban J connectivity index is 2.01. The Morgan fingerprint density at radius 1 is 1.34 bits per heavy atom. The van der Waals surface area contributed by atoms with E-state index < -0.39 is 29.5 Å². The fourth-order valence-electron chi connectivity index (χ4n) is 3.09. The highest BCUT2D eigenvalue weighted by Crippen LogP contribution is 2.42. The molecule has 3 rings (SSSR count). The molecule has 9 heteroatoms. The van der Waals surface area contributed by atoms with E-state index in [4.69, 9.17) is 10.2 Å². The molecule has 0 radical (unpaired) electrons. The van der Waals surface area contributed by atoms with Gasteiger partial charge >= 0.3 is 0 Å². The molecule has 0 saturated carbocycles. The number of amides is 2. The largest absolute Gasteiger partial charge is 0.469 e. The summed E-state index contributed by atoms with van der Waals surface area (Å²) in [6.07, 6.45) is 1.44. The Hall–Kier alpha value is -3.38. The van der Waals surface area contributed by atoms with Gasteiger partial charge in [-0.2, -0.15) is 5.26 Å². The van der Waals surface area contributed by atoms with Gasteiger partial charge in [-0.15, -0.1) is 0 Å². The quantitative estimate of drug-likeness (QED) is 0.755. The van der Waals surface area contributed by atoms with Gasteiger partial charge in [0.1, 0.15) is 16.6 Å². The van der Waals surface area contributed by atoms with E-state index in [0.29, 0.717) is 16.5 Å². The van der Waals surface area contributed by atoms with Gasteiger partial charge in [0, 0.05) is 5.71 Å². The summed E-state index contributed by atoms with van der Waals surface area (Å²) >= 11 is 1.02. The average molecular weight is 412 g/mol. The summed E-state index contributed by atoms with van der Waals surface area (Å²) < 4.78 is 19.5. The predicted octanol–water partition coefficient (Wildman–Crippen LogP) is 3.19. The first-order valence-corrected chi connectivity index (χ1v) is 9.60. The van der Waals surface area contributed by atoms with E-state index in [1.807, 2.05) is 0 Å². The number of nitriles is 1. The number of allylic oxidation sites excluding steroid dienone is 1. The minimum absolute atomic E-state index is 0.0277. The highest BCUT2D eigenvalue weighted by molar-refractivity contribution is 8.03. The molecule has 3 N–H and O–H groups in total. The lowest BCUT2D eigenvalue weighted by molar-refractivity contribution is -0.118. The molecule has 2 atom stereocenters. The zero-order chi connectivity index (χ0) is 21.0. The fraction of sp³-hybridized carbons (Fsp3) is 0.200. The van der Waals surface area contributed by atoms with Crippen molar-refractivity contribution in [2.45, 2.75) is 12.8 Å². The van der Waals surface area contributed by atoms with Gasteiger partial charge in [0.05, 0.1) is 41.2 Å². The molecule has 0 aliphatic carbocycles. The molecule has 1 aromatic carbocycles. The topological polar surface area (TPSA) is 121 Å². The number of hydrogen-bond donors (Lipinski definition) is 2. The van der Waals surface area contributed by atoms with Gasteiger partial charge in [0.2, 0.25) is 11.8 Å². The monoisotopic (exact) mass is 412 g/mol. The lowest BCUT2D eigenvalue weighted by atomic mass is 9.79. The van der Waals surface area contributed by atoms with E-state index in [0.717, 1.165) is 11.8 Å². The van der Waals surface area contributed by atoms with Crippen molar-refractivity contribution in [1.29, 1.82) is 5.26 Å². The van der Waals surface area contributed by atoms with Crippen LogP contribution in [0.3, 0.4) is 0 Å². The number of primary amides is 1. The molecule has 148 valence electrons. The van der Waals surface area contributed by atoms with Crippen LogP contribution in [0.25, 0.3) is 0 Å². The van der Waals surface area contributed by atoms with Crippen LogP contribution in [0.1, 0.15) is 18.6 Å². The van der Waals surface area contributed by atoms with Gasteiger partial charge in [-0.25, -0.2) is 9.38 Å². The molecule has 0 fully saturated rings. The molecule has 0 bridgehead atoms. The Labute approximate surface area is 170 Å². The number of rotatable bonds is 6. The number of halogens is 1. The molecule has 0 saturated heterocycles. The van der Waals surface area contributed by atoms with Crippen LogP contribution in [0.2, 0.25) is 0 Å². The molecular weight excluding hydrogens is 395 g/mol. The average Bonchev–Trinajstić information content (AvgIpc) is 3.21. The van der Waals surface area contributed by atoms with Gasteiger partial charge in [-0.05, 0) is 31.2 Å². The predicted molar refractivity (Wildman–Crippen MR) is 107 cm³/mol. The third kappa shape index (κ3) is 4.38. The SMILES string of the molecule is CC1=NC(SCC(N)=O)=C(C#N)[C@@H](c2ccco2)C1C(=O)Nc1ccccc1F. The second kappa shape index (κ2) is 8.75. The molecule has 2 aromatic rings. The van der Waals surface area contributed by atoms with E-state index in [-0.39, 0.29) is 17.0 Å². The van der Waals surface area contributed by atoms with Crippen LogP contribution in [0.5, 0.6) is 0 Å². The Morgan fingerprint density at radius 2 is 2.10 bits per heavy atom. The van der Waals surface area contributed by atoms with Crippen LogP contribution < -0.4 is 11.1 Å². The summed E-state index contributed by atoms with van der Waals surface area (Å²) in [4.78, 5) is 28.6. The molecule has 1 aliphatic heterocycles. The molecule has 1 unspecified atom stereocenters. The van der Waals surface area contributed by atoms with Gasteiger partial charge < -0.3 is 15.5 Å². The fourth-order valence-corrected chi connectivity index (χ4v) is 3.90. The molecular formula is C20H17FN4O3S. The standard InChI is InChI=1S/C20H17FN4O3S/c1-11-17(19(27)25-14-6-3-2-5-13(14)21)18(15-7-4-8-28-15)12(9-22)20(24-11)29-10-16(23)26/h2-8,17-18H,10H2,1H3,(H2,23,26)(H,25,27)/t17?,18-/m0/s1. The van der Waals surface area contributed by atoms with Crippen molar-refractivity contribution in [2.24, 2.45) is 16.6 Å². The van der Waals surface area contributed by atoms with Crippen LogP contribution >= 0.6 is 11.8 Å². The van der Waals surface area contributed by atoms with Gasteiger partial charge in [-0.3, -0.25) is 9.59 Å². The Morgan fingerprint density at radius 3 is 2.72 bits per heavy atom. The van der Waals surface area contributed by atoms with E-state index in [1.54, 1.807) is 25.1 Å². The zero-order valence-electron chi connectivity index (χ0n) is 15.4. The first-order chi connectivity index (χ1) is 13.9. The number of nitrogens with two attached hydrogens (primary N) is 1. The molecule has 1 aromatic heterocycles. The lowest BCUT2D eigenvalue weighted by Gasteiger charge is -2.29. The number of hydrogen-bond acceptors (Lipinski definition) is 6. The molecule has 1 aliphatic rings.